The van der Waals surface area contributed by atoms with Gasteiger partial charge in [-0.1, -0.05) is 25.4 Å². The lowest BCUT2D eigenvalue weighted by Crippen LogP contribution is -2.38. The molecule has 0 saturated heterocycles. The number of nitrogens with zero attached hydrogens (tertiary/aromatic N) is 1. The van der Waals surface area contributed by atoms with Crippen molar-refractivity contribution in [2.24, 2.45) is 11.8 Å². The van der Waals surface area contributed by atoms with E-state index in [1.165, 1.54) is 12.8 Å². The molecular formula is C14H17ClN2. The molecule has 0 bridgehead atoms. The third-order valence-electron chi connectivity index (χ3n) is 3.58. The van der Waals surface area contributed by atoms with Crippen molar-refractivity contribution in [3.05, 3.63) is 28.8 Å². The molecule has 90 valence electrons. The summed E-state index contributed by atoms with van der Waals surface area (Å²) >= 11 is 5.95. The second-order valence-corrected chi connectivity index (χ2v) is 5.55. The van der Waals surface area contributed by atoms with E-state index in [0.29, 0.717) is 16.6 Å². The lowest BCUT2D eigenvalue weighted by atomic mass is 9.73. The molecule has 3 heteroatoms. The Balaban J connectivity index is 2.01. The predicted molar refractivity (Wildman–Crippen MR) is 71.1 cm³/mol. The highest BCUT2D eigenvalue weighted by molar-refractivity contribution is 6.30. The first-order valence-electron chi connectivity index (χ1n) is 6.06. The molecule has 1 aromatic carbocycles. The third-order valence-corrected chi connectivity index (χ3v) is 3.81. The van der Waals surface area contributed by atoms with Gasteiger partial charge >= 0.3 is 0 Å². The Hall–Kier alpha value is -1.20. The molecular weight excluding hydrogens is 232 g/mol. The van der Waals surface area contributed by atoms with E-state index in [0.717, 1.165) is 17.5 Å². The lowest BCUT2D eigenvalue weighted by molar-refractivity contribution is 0.212. The zero-order valence-electron chi connectivity index (χ0n) is 10.2. The molecule has 0 spiro atoms. The molecule has 1 saturated carbocycles. The highest BCUT2D eigenvalue weighted by Crippen LogP contribution is 2.36. The summed E-state index contributed by atoms with van der Waals surface area (Å²) in [6.45, 7) is 4.53. The van der Waals surface area contributed by atoms with E-state index in [-0.39, 0.29) is 0 Å². The summed E-state index contributed by atoms with van der Waals surface area (Å²) in [4.78, 5) is 0. The number of hydrogen-bond acceptors (Lipinski definition) is 2. The number of hydrogen-bond donors (Lipinski definition) is 1. The quantitative estimate of drug-likeness (QED) is 0.876. The van der Waals surface area contributed by atoms with E-state index >= 15 is 0 Å². The summed E-state index contributed by atoms with van der Waals surface area (Å²) in [6.07, 6.45) is 2.38. The highest BCUT2D eigenvalue weighted by Gasteiger charge is 2.31. The molecule has 1 fully saturated rings. The topological polar surface area (TPSA) is 35.8 Å². The number of nitrogens with one attached hydrogen (secondary N) is 1. The summed E-state index contributed by atoms with van der Waals surface area (Å²) in [6, 6.07) is 8.04. The van der Waals surface area contributed by atoms with Crippen molar-refractivity contribution in [2.45, 2.75) is 32.7 Å². The molecule has 1 N–H and O–H groups in total. The third kappa shape index (κ3) is 2.73. The molecule has 2 nitrogen and oxygen atoms in total. The standard InChI is InChI=1S/C14H17ClN2/c1-9(2)11-5-13(6-11)17-14-7-12(15)4-3-10(14)8-16/h3-4,7,9,11,13,17H,5-6H2,1-2H3. The number of rotatable bonds is 3. The van der Waals surface area contributed by atoms with Gasteiger partial charge in [0.05, 0.1) is 11.3 Å². The highest BCUT2D eigenvalue weighted by atomic mass is 35.5. The van der Waals surface area contributed by atoms with Gasteiger partial charge in [-0.2, -0.15) is 5.26 Å². The fourth-order valence-corrected chi connectivity index (χ4v) is 2.45. The van der Waals surface area contributed by atoms with Crippen molar-refractivity contribution in [1.29, 1.82) is 5.26 Å². The van der Waals surface area contributed by atoms with E-state index in [4.69, 9.17) is 16.9 Å². The van der Waals surface area contributed by atoms with Crippen LogP contribution in [0.3, 0.4) is 0 Å². The van der Waals surface area contributed by atoms with Crippen LogP contribution in [0.2, 0.25) is 5.02 Å². The van der Waals surface area contributed by atoms with Gasteiger partial charge in [-0.25, -0.2) is 0 Å². The summed E-state index contributed by atoms with van der Waals surface area (Å²) in [5, 5.41) is 13.1. The number of nitriles is 1. The minimum absolute atomic E-state index is 0.493. The van der Waals surface area contributed by atoms with Crippen molar-refractivity contribution in [3.8, 4) is 6.07 Å². The van der Waals surface area contributed by atoms with Gasteiger partial charge in [0, 0.05) is 11.1 Å². The Kier molecular flexibility index (Phi) is 3.59. The zero-order valence-corrected chi connectivity index (χ0v) is 11.0. The molecule has 0 aliphatic heterocycles. The molecule has 1 aliphatic rings. The molecule has 17 heavy (non-hydrogen) atoms. The minimum atomic E-state index is 0.493. The van der Waals surface area contributed by atoms with E-state index in [9.17, 15) is 0 Å². The second-order valence-electron chi connectivity index (χ2n) is 5.12. The number of benzene rings is 1. The van der Waals surface area contributed by atoms with Crippen LogP contribution in [0.1, 0.15) is 32.3 Å². The first-order valence-corrected chi connectivity index (χ1v) is 6.44. The van der Waals surface area contributed by atoms with Gasteiger partial charge < -0.3 is 5.32 Å². The van der Waals surface area contributed by atoms with Crippen molar-refractivity contribution < 1.29 is 0 Å². The molecule has 0 aromatic heterocycles. The van der Waals surface area contributed by atoms with Gasteiger partial charge in [0.1, 0.15) is 6.07 Å². The molecule has 0 heterocycles. The van der Waals surface area contributed by atoms with Gasteiger partial charge in [-0.15, -0.1) is 0 Å². The van der Waals surface area contributed by atoms with E-state index < -0.39 is 0 Å². The molecule has 2 rings (SSSR count). The van der Waals surface area contributed by atoms with Gasteiger partial charge in [-0.3, -0.25) is 0 Å². The number of halogens is 1. The Morgan fingerprint density at radius 2 is 2.12 bits per heavy atom. The van der Waals surface area contributed by atoms with Crippen LogP contribution < -0.4 is 5.32 Å². The zero-order chi connectivity index (χ0) is 12.4. The van der Waals surface area contributed by atoms with Gasteiger partial charge in [0.15, 0.2) is 0 Å². The molecule has 0 unspecified atom stereocenters. The predicted octanol–water partition coefficient (Wildman–Crippen LogP) is 4.06. The summed E-state index contributed by atoms with van der Waals surface area (Å²) < 4.78 is 0. The molecule has 0 amide bonds. The van der Waals surface area contributed by atoms with E-state index in [2.05, 4.69) is 25.2 Å². The van der Waals surface area contributed by atoms with Gasteiger partial charge in [-0.05, 0) is 42.9 Å². The smallest absolute Gasteiger partial charge is 0.101 e. The van der Waals surface area contributed by atoms with Crippen molar-refractivity contribution >= 4 is 17.3 Å². The summed E-state index contributed by atoms with van der Waals surface area (Å²) in [7, 11) is 0. The molecule has 0 atom stereocenters. The molecule has 1 aliphatic carbocycles. The van der Waals surface area contributed by atoms with E-state index in [1.54, 1.807) is 12.1 Å². The van der Waals surface area contributed by atoms with Crippen LogP contribution in [0.15, 0.2) is 18.2 Å². The molecule has 1 aromatic rings. The lowest BCUT2D eigenvalue weighted by Gasteiger charge is -2.39. The monoisotopic (exact) mass is 248 g/mol. The maximum absolute atomic E-state index is 9.02. The SMILES string of the molecule is CC(C)C1CC(Nc2cc(Cl)ccc2C#N)C1. The van der Waals surface area contributed by atoms with Crippen LogP contribution in [0, 0.1) is 23.2 Å². The van der Waals surface area contributed by atoms with Crippen LogP contribution in [-0.4, -0.2) is 6.04 Å². The fourth-order valence-electron chi connectivity index (χ4n) is 2.28. The largest absolute Gasteiger partial charge is 0.381 e. The summed E-state index contributed by atoms with van der Waals surface area (Å²) in [5.74, 6) is 1.57. The Labute approximate surface area is 108 Å². The van der Waals surface area contributed by atoms with Crippen molar-refractivity contribution in [1.82, 2.24) is 0 Å². The normalized spacial score (nSPS) is 23.0. The first-order chi connectivity index (χ1) is 8.10. The van der Waals surface area contributed by atoms with Gasteiger partial charge in [0.2, 0.25) is 0 Å². The Bertz CT molecular complexity index is 442. The first kappa shape index (κ1) is 12.3. The maximum atomic E-state index is 9.02. The fraction of sp³-hybridized carbons (Fsp3) is 0.500. The van der Waals surface area contributed by atoms with Crippen LogP contribution in [0.25, 0.3) is 0 Å². The summed E-state index contributed by atoms with van der Waals surface area (Å²) in [5.41, 5.74) is 1.54. The number of anilines is 1. The van der Waals surface area contributed by atoms with Crippen LogP contribution in [0.5, 0.6) is 0 Å². The molecule has 0 radical (unpaired) electrons. The minimum Gasteiger partial charge on any atom is -0.381 e. The van der Waals surface area contributed by atoms with Crippen LogP contribution >= 0.6 is 11.6 Å². The van der Waals surface area contributed by atoms with Crippen LogP contribution in [-0.2, 0) is 0 Å². The Morgan fingerprint density at radius 1 is 1.41 bits per heavy atom. The van der Waals surface area contributed by atoms with Crippen LogP contribution in [0.4, 0.5) is 5.69 Å². The Morgan fingerprint density at radius 3 is 2.71 bits per heavy atom. The average molecular weight is 249 g/mol. The second kappa shape index (κ2) is 4.98. The maximum Gasteiger partial charge on any atom is 0.101 e. The van der Waals surface area contributed by atoms with Crippen molar-refractivity contribution in [2.75, 3.05) is 5.32 Å². The van der Waals surface area contributed by atoms with Crippen molar-refractivity contribution in [3.63, 3.8) is 0 Å². The van der Waals surface area contributed by atoms with E-state index in [1.807, 2.05) is 6.07 Å². The average Bonchev–Trinajstić information content (AvgIpc) is 2.22. The van der Waals surface area contributed by atoms with Gasteiger partial charge in [0.25, 0.3) is 0 Å².